The molecule has 0 bridgehead atoms. The van der Waals surface area contributed by atoms with E-state index in [0.717, 1.165) is 10.8 Å². The third-order valence-corrected chi connectivity index (χ3v) is 2.43. The Kier molecular flexibility index (Phi) is 10.0. The highest BCUT2D eigenvalue weighted by atomic mass is 16.9. The first-order chi connectivity index (χ1) is 9.83. The van der Waals surface area contributed by atoms with Crippen LogP contribution in [0.25, 0.3) is 0 Å². The number of hydroxylamine groups is 2. The summed E-state index contributed by atoms with van der Waals surface area (Å²) in [5.41, 5.74) is 0.975. The highest BCUT2D eigenvalue weighted by molar-refractivity contribution is 5.13. The van der Waals surface area contributed by atoms with Crippen LogP contribution in [0.3, 0.4) is 0 Å². The zero-order valence-corrected chi connectivity index (χ0v) is 11.9. The molecule has 20 heavy (non-hydrogen) atoms. The second kappa shape index (κ2) is 11.8. The van der Waals surface area contributed by atoms with Crippen LogP contribution in [0.2, 0.25) is 0 Å². The summed E-state index contributed by atoms with van der Waals surface area (Å²) in [6.07, 6.45) is 0. The van der Waals surface area contributed by atoms with Gasteiger partial charge in [-0.1, -0.05) is 35.6 Å². The van der Waals surface area contributed by atoms with Gasteiger partial charge in [-0.05, 0) is 5.56 Å². The van der Waals surface area contributed by atoms with Crippen molar-refractivity contribution in [3.63, 3.8) is 0 Å². The minimum atomic E-state index is 0.293. The molecule has 1 aromatic rings. The van der Waals surface area contributed by atoms with Crippen molar-refractivity contribution in [2.24, 2.45) is 0 Å². The molecule has 1 N–H and O–H groups in total. The van der Waals surface area contributed by atoms with E-state index in [4.69, 9.17) is 19.0 Å². The Balaban J connectivity index is 1.91. The second-order valence-electron chi connectivity index (χ2n) is 4.05. The predicted octanol–water partition coefficient (Wildman–Crippen LogP) is 1.49. The van der Waals surface area contributed by atoms with E-state index in [1.165, 1.54) is 0 Å². The highest BCUT2D eigenvalue weighted by Crippen LogP contribution is 2.02. The van der Waals surface area contributed by atoms with E-state index in [0.29, 0.717) is 46.2 Å². The van der Waals surface area contributed by atoms with Gasteiger partial charge in [0.05, 0.1) is 46.2 Å². The Morgan fingerprint density at radius 3 is 2.15 bits per heavy atom. The van der Waals surface area contributed by atoms with E-state index in [2.05, 4.69) is 0 Å². The number of hydrogen-bond donors (Lipinski definition) is 1. The van der Waals surface area contributed by atoms with Gasteiger partial charge in [-0.15, -0.1) is 0 Å². The van der Waals surface area contributed by atoms with Crippen molar-refractivity contribution in [1.29, 1.82) is 0 Å². The molecule has 0 unspecified atom stereocenters. The van der Waals surface area contributed by atoms with Crippen molar-refractivity contribution in [2.45, 2.75) is 6.54 Å². The van der Waals surface area contributed by atoms with E-state index in [9.17, 15) is 5.21 Å². The molecule has 0 aliphatic rings. The molecular weight excluding hydrogens is 262 g/mol. The van der Waals surface area contributed by atoms with Crippen LogP contribution in [0.1, 0.15) is 5.56 Å². The molecule has 0 spiro atoms. The number of ether oxygens (including phenoxy) is 3. The van der Waals surface area contributed by atoms with Crippen LogP contribution in [0.15, 0.2) is 30.3 Å². The van der Waals surface area contributed by atoms with Gasteiger partial charge in [0.2, 0.25) is 0 Å². The molecule has 0 fully saturated rings. The first-order valence-electron chi connectivity index (χ1n) is 6.60. The summed E-state index contributed by atoms with van der Waals surface area (Å²) in [6, 6.07) is 9.58. The quantitative estimate of drug-likeness (QED) is 0.464. The number of nitrogens with zero attached hydrogens (tertiary/aromatic N) is 1. The number of benzene rings is 1. The summed E-state index contributed by atoms with van der Waals surface area (Å²) in [6.45, 7) is 3.19. The van der Waals surface area contributed by atoms with Gasteiger partial charge in [-0.25, -0.2) is 0 Å². The average molecular weight is 285 g/mol. The molecule has 1 aromatic carbocycles. The molecule has 114 valence electrons. The van der Waals surface area contributed by atoms with Crippen LogP contribution >= 0.6 is 0 Å². The molecule has 0 aliphatic carbocycles. The molecule has 0 atom stereocenters. The minimum Gasteiger partial charge on any atom is -0.382 e. The smallest absolute Gasteiger partial charge is 0.0945 e. The van der Waals surface area contributed by atoms with Gasteiger partial charge in [0.25, 0.3) is 0 Å². The standard InChI is InChI=1S/C14H23NO5/c1-17-7-8-18-9-10-19-11-12-20-15(16)13-14-5-3-2-4-6-14/h2-6,16H,7-13H2,1H3. The molecule has 6 nitrogen and oxygen atoms in total. The van der Waals surface area contributed by atoms with Crippen molar-refractivity contribution in [1.82, 2.24) is 5.23 Å². The van der Waals surface area contributed by atoms with Crippen molar-refractivity contribution in [3.05, 3.63) is 35.9 Å². The number of rotatable bonds is 12. The Bertz CT molecular complexity index is 323. The molecule has 0 amide bonds. The summed E-state index contributed by atoms with van der Waals surface area (Å²) in [7, 11) is 1.63. The lowest BCUT2D eigenvalue weighted by molar-refractivity contribution is -0.350. The van der Waals surface area contributed by atoms with Crippen LogP contribution in [-0.4, -0.2) is 57.2 Å². The van der Waals surface area contributed by atoms with Gasteiger partial charge >= 0.3 is 0 Å². The summed E-state index contributed by atoms with van der Waals surface area (Å²) in [5.74, 6) is 0. The Labute approximate surface area is 119 Å². The Morgan fingerprint density at radius 2 is 1.50 bits per heavy atom. The zero-order valence-electron chi connectivity index (χ0n) is 11.9. The van der Waals surface area contributed by atoms with E-state index in [1.807, 2.05) is 30.3 Å². The fraction of sp³-hybridized carbons (Fsp3) is 0.571. The second-order valence-corrected chi connectivity index (χ2v) is 4.05. The molecule has 0 aromatic heterocycles. The van der Waals surface area contributed by atoms with E-state index < -0.39 is 0 Å². The predicted molar refractivity (Wildman–Crippen MR) is 73.2 cm³/mol. The van der Waals surface area contributed by atoms with E-state index in [1.54, 1.807) is 7.11 Å². The van der Waals surface area contributed by atoms with Gasteiger partial charge in [0.1, 0.15) is 0 Å². The fourth-order valence-electron chi connectivity index (χ4n) is 1.45. The lowest BCUT2D eigenvalue weighted by atomic mass is 10.2. The monoisotopic (exact) mass is 285 g/mol. The zero-order chi connectivity index (χ0) is 14.5. The summed E-state index contributed by atoms with van der Waals surface area (Å²) < 4.78 is 15.4. The van der Waals surface area contributed by atoms with Crippen LogP contribution in [-0.2, 0) is 25.6 Å². The van der Waals surface area contributed by atoms with Crippen LogP contribution in [0.4, 0.5) is 0 Å². The first kappa shape index (κ1) is 17.0. The van der Waals surface area contributed by atoms with Gasteiger partial charge in [-0.2, -0.15) is 0 Å². The average Bonchev–Trinajstić information content (AvgIpc) is 2.46. The van der Waals surface area contributed by atoms with Crippen LogP contribution in [0, 0.1) is 0 Å². The van der Waals surface area contributed by atoms with Crippen LogP contribution in [0.5, 0.6) is 0 Å². The molecule has 1 rings (SSSR count). The van der Waals surface area contributed by atoms with Gasteiger partial charge < -0.3 is 14.2 Å². The first-order valence-corrected chi connectivity index (χ1v) is 6.60. The number of hydrogen-bond acceptors (Lipinski definition) is 6. The molecule has 0 aliphatic heterocycles. The lowest BCUT2D eigenvalue weighted by Crippen LogP contribution is -2.22. The summed E-state index contributed by atoms with van der Waals surface area (Å²) in [4.78, 5) is 5.09. The van der Waals surface area contributed by atoms with Crippen molar-refractivity contribution in [2.75, 3.05) is 46.8 Å². The van der Waals surface area contributed by atoms with E-state index in [-0.39, 0.29) is 0 Å². The normalized spacial score (nSPS) is 11.2. The maximum absolute atomic E-state index is 9.52. The third kappa shape index (κ3) is 8.98. The third-order valence-electron chi connectivity index (χ3n) is 2.43. The van der Waals surface area contributed by atoms with Gasteiger partial charge in [-0.3, -0.25) is 10.0 Å². The van der Waals surface area contributed by atoms with Gasteiger partial charge in [0.15, 0.2) is 0 Å². The minimum absolute atomic E-state index is 0.293. The van der Waals surface area contributed by atoms with Crippen molar-refractivity contribution in [3.8, 4) is 0 Å². The Morgan fingerprint density at radius 1 is 0.900 bits per heavy atom. The van der Waals surface area contributed by atoms with E-state index >= 15 is 0 Å². The Hall–Kier alpha value is -1.02. The molecule has 0 heterocycles. The maximum atomic E-state index is 9.52. The molecule has 6 heteroatoms. The SMILES string of the molecule is COCCOCCOCCON(O)Cc1ccccc1. The molecule has 0 radical (unpaired) electrons. The van der Waals surface area contributed by atoms with Crippen LogP contribution < -0.4 is 0 Å². The largest absolute Gasteiger partial charge is 0.382 e. The maximum Gasteiger partial charge on any atom is 0.0945 e. The molecule has 0 saturated heterocycles. The van der Waals surface area contributed by atoms with Gasteiger partial charge in [0, 0.05) is 7.11 Å². The number of methoxy groups -OCH3 is 1. The summed E-state index contributed by atoms with van der Waals surface area (Å²) in [5, 5.41) is 10.3. The fourth-order valence-corrected chi connectivity index (χ4v) is 1.45. The molecular formula is C14H23NO5. The highest BCUT2D eigenvalue weighted by Gasteiger charge is 2.02. The molecule has 0 saturated carbocycles. The lowest BCUT2D eigenvalue weighted by Gasteiger charge is -2.14. The van der Waals surface area contributed by atoms with Crippen molar-refractivity contribution >= 4 is 0 Å². The summed E-state index contributed by atoms with van der Waals surface area (Å²) >= 11 is 0. The van der Waals surface area contributed by atoms with Crippen molar-refractivity contribution < 1.29 is 24.3 Å². The topological polar surface area (TPSA) is 60.4 Å².